The zero-order valence-corrected chi connectivity index (χ0v) is 23.7. The maximum absolute atomic E-state index is 13.6. The average Bonchev–Trinajstić information content (AvgIpc) is 3.34. The van der Waals surface area contributed by atoms with Gasteiger partial charge < -0.3 is 14.2 Å². The molecular weight excluding hydrogens is 536 g/mol. The van der Waals surface area contributed by atoms with E-state index in [0.29, 0.717) is 39.2 Å². The predicted molar refractivity (Wildman–Crippen MR) is 164 cm³/mol. The minimum absolute atomic E-state index is 0.0557. The van der Waals surface area contributed by atoms with Crippen molar-refractivity contribution in [2.24, 2.45) is 4.99 Å². The van der Waals surface area contributed by atoms with E-state index in [1.165, 1.54) is 38.0 Å². The Kier molecular flexibility index (Phi) is 8.50. The van der Waals surface area contributed by atoms with Gasteiger partial charge in [-0.25, -0.2) is 4.99 Å². The summed E-state index contributed by atoms with van der Waals surface area (Å²) >= 11 is 1.23. The minimum Gasteiger partial charge on any atom is -0.493 e. The largest absolute Gasteiger partial charge is 0.493 e. The summed E-state index contributed by atoms with van der Waals surface area (Å²) in [5.41, 5.74) is 4.27. The zero-order valence-electron chi connectivity index (χ0n) is 22.9. The summed E-state index contributed by atoms with van der Waals surface area (Å²) in [5.74, 6) is 1.15. The number of aliphatic imine (C=N–C) groups is 1. The fourth-order valence-corrected chi connectivity index (χ4v) is 5.34. The van der Waals surface area contributed by atoms with Gasteiger partial charge in [-0.05, 0) is 47.0 Å². The molecule has 0 radical (unpaired) electrons. The monoisotopic (exact) mass is 564 g/mol. The fourth-order valence-electron chi connectivity index (χ4n) is 4.43. The Morgan fingerprint density at radius 2 is 1.39 bits per heavy atom. The van der Waals surface area contributed by atoms with Gasteiger partial charge in [-0.15, -0.1) is 0 Å². The third kappa shape index (κ3) is 6.02. The number of nitrogens with zero attached hydrogens (tertiary/aromatic N) is 2. The molecule has 206 valence electrons. The third-order valence-electron chi connectivity index (χ3n) is 6.48. The lowest BCUT2D eigenvalue weighted by Gasteiger charge is -2.17. The molecule has 0 unspecified atom stereocenters. The Bertz CT molecular complexity index is 1590. The predicted octanol–water partition coefficient (Wildman–Crippen LogP) is 6.74. The van der Waals surface area contributed by atoms with Gasteiger partial charge in [-0.1, -0.05) is 84.6 Å². The normalized spacial score (nSPS) is 13.7. The molecule has 41 heavy (non-hydrogen) atoms. The Morgan fingerprint density at radius 1 is 0.805 bits per heavy atom. The van der Waals surface area contributed by atoms with Gasteiger partial charge >= 0.3 is 0 Å². The molecule has 0 fully saturated rings. The number of carbonyl (C=O) groups excluding carboxylic acids is 2. The van der Waals surface area contributed by atoms with Crippen LogP contribution in [0, 0.1) is 0 Å². The molecule has 1 aliphatic rings. The summed E-state index contributed by atoms with van der Waals surface area (Å²) in [6.45, 7) is 0. The molecule has 4 aromatic carbocycles. The molecule has 0 bridgehead atoms. The van der Waals surface area contributed by atoms with Crippen LogP contribution < -0.4 is 19.1 Å². The number of amides is 1. The molecule has 4 aromatic rings. The van der Waals surface area contributed by atoms with Crippen LogP contribution in [0.2, 0.25) is 0 Å². The SMILES string of the molecule is COc1cc(C=C2N=C(SCC(=O)c3ccc(-c4ccccc4)cc3)N(c3ccccc3)C2=O)cc(OC)c1OC. The second-order valence-corrected chi connectivity index (χ2v) is 9.96. The lowest BCUT2D eigenvalue weighted by atomic mass is 10.0. The fraction of sp³-hybridized carbons (Fsp3) is 0.121. The Labute approximate surface area is 243 Å². The van der Waals surface area contributed by atoms with E-state index in [1.807, 2.05) is 84.9 Å². The zero-order chi connectivity index (χ0) is 28.8. The molecule has 0 saturated heterocycles. The summed E-state index contributed by atoms with van der Waals surface area (Å²) in [7, 11) is 4.60. The van der Waals surface area contributed by atoms with Crippen LogP contribution in [0.4, 0.5) is 5.69 Å². The number of benzene rings is 4. The number of ether oxygens (including phenoxy) is 3. The van der Waals surface area contributed by atoms with Gasteiger partial charge in [0, 0.05) is 5.56 Å². The Balaban J connectivity index is 1.41. The molecule has 0 N–H and O–H groups in total. The molecule has 0 aromatic heterocycles. The first-order valence-corrected chi connectivity index (χ1v) is 13.8. The maximum atomic E-state index is 13.6. The van der Waals surface area contributed by atoms with Crippen LogP contribution in [-0.2, 0) is 4.79 Å². The average molecular weight is 565 g/mol. The van der Waals surface area contributed by atoms with Crippen molar-refractivity contribution in [2.75, 3.05) is 32.0 Å². The molecule has 8 heteroatoms. The number of hydrogen-bond acceptors (Lipinski definition) is 7. The van der Waals surface area contributed by atoms with Crippen molar-refractivity contribution in [2.45, 2.75) is 0 Å². The number of Topliss-reactive ketones (excluding diaryl/α,β-unsaturated/α-hetero) is 1. The van der Waals surface area contributed by atoms with Gasteiger partial charge in [-0.3, -0.25) is 14.5 Å². The van der Waals surface area contributed by atoms with Gasteiger partial charge in [0.15, 0.2) is 22.4 Å². The van der Waals surface area contributed by atoms with Gasteiger partial charge in [-0.2, -0.15) is 0 Å². The third-order valence-corrected chi connectivity index (χ3v) is 7.42. The van der Waals surface area contributed by atoms with Crippen molar-refractivity contribution < 1.29 is 23.8 Å². The van der Waals surface area contributed by atoms with Crippen LogP contribution in [0.3, 0.4) is 0 Å². The van der Waals surface area contributed by atoms with Crippen LogP contribution in [0.5, 0.6) is 17.2 Å². The first kappa shape index (κ1) is 27.7. The van der Waals surface area contributed by atoms with Crippen molar-refractivity contribution in [3.63, 3.8) is 0 Å². The molecule has 0 spiro atoms. The Morgan fingerprint density at radius 3 is 1.98 bits per heavy atom. The smallest absolute Gasteiger partial charge is 0.283 e. The van der Waals surface area contributed by atoms with Crippen molar-refractivity contribution in [1.82, 2.24) is 0 Å². The summed E-state index contributed by atoms with van der Waals surface area (Å²) in [5, 5.41) is 0.425. The summed E-state index contributed by atoms with van der Waals surface area (Å²) in [6, 6.07) is 30.3. The van der Waals surface area contributed by atoms with E-state index >= 15 is 0 Å². The Hall–Kier alpha value is -4.82. The molecule has 1 amide bonds. The quantitative estimate of drug-likeness (QED) is 0.166. The van der Waals surface area contributed by atoms with Crippen molar-refractivity contribution >= 4 is 40.4 Å². The number of ketones is 1. The van der Waals surface area contributed by atoms with Crippen LogP contribution >= 0.6 is 11.8 Å². The number of thioether (sulfide) groups is 1. The van der Waals surface area contributed by atoms with E-state index < -0.39 is 0 Å². The number of rotatable bonds is 9. The van der Waals surface area contributed by atoms with Gasteiger partial charge in [0.05, 0.1) is 32.8 Å². The van der Waals surface area contributed by atoms with Crippen LogP contribution in [0.1, 0.15) is 15.9 Å². The maximum Gasteiger partial charge on any atom is 0.283 e. The van der Waals surface area contributed by atoms with Crippen LogP contribution in [-0.4, -0.2) is 43.9 Å². The van der Waals surface area contributed by atoms with Crippen LogP contribution in [0.15, 0.2) is 108 Å². The second-order valence-electron chi connectivity index (χ2n) is 9.01. The number of hydrogen-bond donors (Lipinski definition) is 0. The molecule has 0 atom stereocenters. The second kappa shape index (κ2) is 12.6. The molecular formula is C33H28N2O5S. The van der Waals surface area contributed by atoms with E-state index in [0.717, 1.165) is 11.1 Å². The number of carbonyl (C=O) groups is 2. The number of para-hydroxylation sites is 1. The summed E-state index contributed by atoms with van der Waals surface area (Å²) in [4.78, 5) is 32.9. The van der Waals surface area contributed by atoms with Gasteiger partial charge in [0.2, 0.25) is 5.75 Å². The van der Waals surface area contributed by atoms with Crippen molar-refractivity contribution in [3.05, 3.63) is 114 Å². The standard InChI is InChI=1S/C33H28N2O5S/c1-38-29-19-22(20-30(39-2)31(29)40-3)18-27-32(37)35(26-12-8-5-9-13-26)33(34-27)41-21-28(36)25-16-14-24(15-17-25)23-10-6-4-7-11-23/h4-20H,21H2,1-3H3. The number of methoxy groups -OCH3 is 3. The lowest BCUT2D eigenvalue weighted by molar-refractivity contribution is -0.113. The first-order chi connectivity index (χ1) is 20.0. The highest BCUT2D eigenvalue weighted by Gasteiger charge is 2.32. The number of amidine groups is 1. The molecule has 5 rings (SSSR count). The highest BCUT2D eigenvalue weighted by molar-refractivity contribution is 8.14. The highest BCUT2D eigenvalue weighted by atomic mass is 32.2. The van der Waals surface area contributed by atoms with Crippen LogP contribution in [0.25, 0.3) is 17.2 Å². The molecule has 0 saturated carbocycles. The highest BCUT2D eigenvalue weighted by Crippen LogP contribution is 2.39. The molecule has 7 nitrogen and oxygen atoms in total. The summed E-state index contributed by atoms with van der Waals surface area (Å²) < 4.78 is 16.3. The molecule has 1 aliphatic heterocycles. The first-order valence-electron chi connectivity index (χ1n) is 12.8. The topological polar surface area (TPSA) is 77.4 Å². The van der Waals surface area contributed by atoms with E-state index in [-0.39, 0.29) is 23.1 Å². The van der Waals surface area contributed by atoms with E-state index in [9.17, 15) is 9.59 Å². The van der Waals surface area contributed by atoms with Gasteiger partial charge in [0.1, 0.15) is 5.70 Å². The van der Waals surface area contributed by atoms with E-state index in [4.69, 9.17) is 14.2 Å². The van der Waals surface area contributed by atoms with Crippen molar-refractivity contribution in [1.29, 1.82) is 0 Å². The number of anilines is 1. The minimum atomic E-state index is -0.299. The van der Waals surface area contributed by atoms with E-state index in [2.05, 4.69) is 4.99 Å². The van der Waals surface area contributed by atoms with E-state index in [1.54, 1.807) is 18.2 Å². The van der Waals surface area contributed by atoms with Crippen molar-refractivity contribution in [3.8, 4) is 28.4 Å². The molecule has 0 aliphatic carbocycles. The van der Waals surface area contributed by atoms with Gasteiger partial charge in [0.25, 0.3) is 5.91 Å². The molecule has 1 heterocycles. The lowest BCUT2D eigenvalue weighted by Crippen LogP contribution is -2.30. The summed E-state index contributed by atoms with van der Waals surface area (Å²) in [6.07, 6.45) is 1.67.